The average Bonchev–Trinajstić information content (AvgIpc) is 2.93. The maximum Gasteiger partial charge on any atom is 0.325 e. The first-order valence-electron chi connectivity index (χ1n) is 10.1. The van der Waals surface area contributed by atoms with Crippen molar-refractivity contribution in [2.75, 3.05) is 19.6 Å². The van der Waals surface area contributed by atoms with E-state index in [1.165, 1.54) is 17.0 Å². The summed E-state index contributed by atoms with van der Waals surface area (Å²) in [4.78, 5) is 41.1. The predicted molar refractivity (Wildman–Crippen MR) is 107 cm³/mol. The third-order valence-electron chi connectivity index (χ3n) is 5.98. The van der Waals surface area contributed by atoms with Crippen LogP contribution in [0.5, 0.6) is 0 Å². The van der Waals surface area contributed by atoms with Crippen molar-refractivity contribution in [3.8, 4) is 0 Å². The van der Waals surface area contributed by atoms with E-state index in [1.807, 2.05) is 6.92 Å². The smallest absolute Gasteiger partial charge is 0.325 e. The molecular formula is C22H28FN3O3. The summed E-state index contributed by atoms with van der Waals surface area (Å²) in [5, 5.41) is 2.93. The molecule has 6 nitrogen and oxygen atoms in total. The fourth-order valence-electron chi connectivity index (χ4n) is 4.42. The molecule has 7 heteroatoms. The van der Waals surface area contributed by atoms with E-state index >= 15 is 0 Å². The lowest BCUT2D eigenvalue weighted by molar-refractivity contribution is -0.135. The van der Waals surface area contributed by atoms with Gasteiger partial charge in [-0.3, -0.25) is 14.5 Å². The molecule has 0 bridgehead atoms. The Labute approximate surface area is 170 Å². The van der Waals surface area contributed by atoms with Crippen molar-refractivity contribution in [3.63, 3.8) is 0 Å². The summed E-state index contributed by atoms with van der Waals surface area (Å²) in [7, 11) is 0. The van der Waals surface area contributed by atoms with Crippen LogP contribution in [0.4, 0.5) is 9.18 Å². The second kappa shape index (κ2) is 8.35. The minimum Gasteiger partial charge on any atom is -0.342 e. The Morgan fingerprint density at radius 1 is 1.31 bits per heavy atom. The molecule has 1 atom stereocenters. The summed E-state index contributed by atoms with van der Waals surface area (Å²) >= 11 is 0. The molecule has 0 saturated carbocycles. The lowest BCUT2D eigenvalue weighted by Crippen LogP contribution is -2.56. The standard InChI is InChI=1S/C22H28FN3O3/c1-4-22(20(28)26(14-15(2)3)21(29)24-22)17-8-10-25(11-9-17)19(27)13-16-6-5-7-18(23)12-16/h5-7,12,17H,2,4,8-11,13-14H2,1,3H3,(H,24,29). The highest BCUT2D eigenvalue weighted by Crippen LogP contribution is 2.36. The summed E-state index contributed by atoms with van der Waals surface area (Å²) in [6, 6.07) is 5.69. The predicted octanol–water partition coefficient (Wildman–Crippen LogP) is 2.88. The molecule has 3 rings (SSSR count). The van der Waals surface area contributed by atoms with E-state index in [0.29, 0.717) is 37.9 Å². The molecule has 1 aromatic rings. The van der Waals surface area contributed by atoms with Gasteiger partial charge < -0.3 is 10.2 Å². The number of nitrogens with zero attached hydrogens (tertiary/aromatic N) is 2. The third-order valence-corrected chi connectivity index (χ3v) is 5.98. The van der Waals surface area contributed by atoms with Gasteiger partial charge in [-0.15, -0.1) is 0 Å². The van der Waals surface area contributed by atoms with Gasteiger partial charge in [0.2, 0.25) is 5.91 Å². The van der Waals surface area contributed by atoms with E-state index in [4.69, 9.17) is 0 Å². The number of amides is 4. The number of halogens is 1. The number of urea groups is 1. The first-order chi connectivity index (χ1) is 13.8. The Bertz CT molecular complexity index is 832. The van der Waals surface area contributed by atoms with E-state index in [2.05, 4.69) is 11.9 Å². The van der Waals surface area contributed by atoms with Crippen molar-refractivity contribution in [3.05, 3.63) is 47.8 Å². The van der Waals surface area contributed by atoms with Gasteiger partial charge in [-0.05, 0) is 49.8 Å². The molecule has 0 spiro atoms. The molecule has 4 amide bonds. The van der Waals surface area contributed by atoms with Crippen molar-refractivity contribution in [2.45, 2.75) is 45.1 Å². The van der Waals surface area contributed by atoms with Crippen molar-refractivity contribution in [2.24, 2.45) is 5.92 Å². The summed E-state index contributed by atoms with van der Waals surface area (Å²) < 4.78 is 13.3. The van der Waals surface area contributed by atoms with Gasteiger partial charge >= 0.3 is 6.03 Å². The van der Waals surface area contributed by atoms with Crippen LogP contribution in [0.25, 0.3) is 0 Å². The van der Waals surface area contributed by atoms with Crippen LogP contribution in [0.3, 0.4) is 0 Å². The van der Waals surface area contributed by atoms with E-state index in [9.17, 15) is 18.8 Å². The largest absolute Gasteiger partial charge is 0.342 e. The number of nitrogens with one attached hydrogen (secondary N) is 1. The summed E-state index contributed by atoms with van der Waals surface area (Å²) in [6.07, 6.45) is 1.93. The summed E-state index contributed by atoms with van der Waals surface area (Å²) in [5.74, 6) is -0.631. The Morgan fingerprint density at radius 2 is 2.00 bits per heavy atom. The third kappa shape index (κ3) is 4.18. The summed E-state index contributed by atoms with van der Waals surface area (Å²) in [6.45, 7) is 8.75. The molecule has 2 fully saturated rings. The number of hydrogen-bond donors (Lipinski definition) is 1. The number of carbonyl (C=O) groups excluding carboxylic acids is 3. The summed E-state index contributed by atoms with van der Waals surface area (Å²) in [5.41, 5.74) is 0.485. The van der Waals surface area contributed by atoms with E-state index in [1.54, 1.807) is 24.0 Å². The van der Waals surface area contributed by atoms with E-state index < -0.39 is 5.54 Å². The van der Waals surface area contributed by atoms with Crippen LogP contribution < -0.4 is 5.32 Å². The quantitative estimate of drug-likeness (QED) is 0.589. The minimum absolute atomic E-state index is 0.0303. The second-order valence-electron chi connectivity index (χ2n) is 8.07. The van der Waals surface area contributed by atoms with E-state index in [0.717, 1.165) is 5.57 Å². The number of imide groups is 1. The molecule has 1 unspecified atom stereocenters. The van der Waals surface area contributed by atoms with Crippen LogP contribution in [-0.4, -0.2) is 52.8 Å². The van der Waals surface area contributed by atoms with Gasteiger partial charge in [0.15, 0.2) is 0 Å². The lowest BCUT2D eigenvalue weighted by atomic mass is 9.75. The molecule has 2 aliphatic rings. The van der Waals surface area contributed by atoms with Crippen molar-refractivity contribution in [1.29, 1.82) is 0 Å². The molecule has 29 heavy (non-hydrogen) atoms. The molecule has 156 valence electrons. The Kier molecular flexibility index (Phi) is 6.05. The topological polar surface area (TPSA) is 69.7 Å². The van der Waals surface area contributed by atoms with Crippen LogP contribution in [-0.2, 0) is 16.0 Å². The SMILES string of the molecule is C=C(C)CN1C(=O)NC(CC)(C2CCN(C(=O)Cc3cccc(F)c3)CC2)C1=O. The first kappa shape index (κ1) is 21.0. The second-order valence-corrected chi connectivity index (χ2v) is 8.07. The number of likely N-dealkylation sites (tertiary alicyclic amines) is 1. The van der Waals surface area contributed by atoms with Gasteiger partial charge in [0, 0.05) is 13.1 Å². The molecule has 2 heterocycles. The van der Waals surface area contributed by atoms with Gasteiger partial charge in [0.1, 0.15) is 11.4 Å². The molecular weight excluding hydrogens is 373 g/mol. The molecule has 0 aromatic heterocycles. The van der Waals surface area contributed by atoms with Crippen molar-refractivity contribution in [1.82, 2.24) is 15.1 Å². The highest BCUT2D eigenvalue weighted by Gasteiger charge is 2.54. The highest BCUT2D eigenvalue weighted by molar-refractivity contribution is 6.07. The fourth-order valence-corrected chi connectivity index (χ4v) is 4.42. The Morgan fingerprint density at radius 3 is 2.59 bits per heavy atom. The van der Waals surface area contributed by atoms with E-state index in [-0.39, 0.29) is 42.5 Å². The maximum absolute atomic E-state index is 13.3. The van der Waals surface area contributed by atoms with Crippen LogP contribution in [0.15, 0.2) is 36.4 Å². The van der Waals surface area contributed by atoms with Gasteiger partial charge in [0.25, 0.3) is 5.91 Å². The number of benzene rings is 1. The average molecular weight is 401 g/mol. The van der Waals surface area contributed by atoms with Crippen molar-refractivity contribution >= 4 is 17.8 Å². The molecule has 2 saturated heterocycles. The molecule has 1 aromatic carbocycles. The number of rotatable bonds is 6. The maximum atomic E-state index is 13.3. The van der Waals surface area contributed by atoms with Gasteiger partial charge in [0.05, 0.1) is 13.0 Å². The van der Waals surface area contributed by atoms with Crippen molar-refractivity contribution < 1.29 is 18.8 Å². The zero-order valence-electron chi connectivity index (χ0n) is 17.0. The van der Waals surface area contributed by atoms with Crippen LogP contribution in [0.2, 0.25) is 0 Å². The Balaban J connectivity index is 1.64. The number of piperidine rings is 1. The van der Waals surface area contributed by atoms with Crippen LogP contribution in [0.1, 0.15) is 38.7 Å². The minimum atomic E-state index is -0.912. The monoisotopic (exact) mass is 401 g/mol. The van der Waals surface area contributed by atoms with Gasteiger partial charge in [-0.2, -0.15) is 0 Å². The lowest BCUT2D eigenvalue weighted by Gasteiger charge is -2.40. The molecule has 0 radical (unpaired) electrons. The number of carbonyl (C=O) groups is 3. The normalized spacial score (nSPS) is 22.7. The highest BCUT2D eigenvalue weighted by atomic mass is 19.1. The first-order valence-corrected chi connectivity index (χ1v) is 10.1. The molecule has 2 aliphatic heterocycles. The zero-order valence-corrected chi connectivity index (χ0v) is 17.0. The van der Waals surface area contributed by atoms with Gasteiger partial charge in [-0.25, -0.2) is 9.18 Å². The van der Waals surface area contributed by atoms with Crippen LogP contribution in [0, 0.1) is 11.7 Å². The van der Waals surface area contributed by atoms with Gasteiger partial charge in [-0.1, -0.05) is 31.2 Å². The fraction of sp³-hybridized carbons (Fsp3) is 0.500. The zero-order chi connectivity index (χ0) is 21.2. The Hall–Kier alpha value is -2.70. The van der Waals surface area contributed by atoms with Crippen LogP contribution >= 0.6 is 0 Å². The molecule has 0 aliphatic carbocycles. The number of hydrogen-bond acceptors (Lipinski definition) is 3. The molecule has 1 N–H and O–H groups in total.